The second kappa shape index (κ2) is 11.0. The van der Waals surface area contributed by atoms with Crippen LogP contribution in [0.5, 0.6) is 0 Å². The van der Waals surface area contributed by atoms with Crippen LogP contribution >= 0.6 is 0 Å². The van der Waals surface area contributed by atoms with E-state index in [1.54, 1.807) is 0 Å². The Kier molecular flexibility index (Phi) is 7.23. The quantitative estimate of drug-likeness (QED) is 0.306. The molecule has 180 valence electrons. The highest BCUT2D eigenvalue weighted by Gasteiger charge is 2.30. The van der Waals surface area contributed by atoms with Crippen LogP contribution in [0.4, 0.5) is 11.4 Å². The summed E-state index contributed by atoms with van der Waals surface area (Å²) in [7, 11) is 0. The number of benzene rings is 4. The smallest absolute Gasteiger partial charge is 0.227 e. The molecule has 5 rings (SSSR count). The highest BCUT2D eigenvalue weighted by molar-refractivity contribution is 5.98. The second-order valence-corrected chi connectivity index (χ2v) is 9.35. The van der Waals surface area contributed by atoms with Crippen molar-refractivity contribution in [1.82, 2.24) is 0 Å². The third kappa shape index (κ3) is 5.38. The molecule has 2 N–H and O–H groups in total. The molecule has 0 spiro atoms. The summed E-state index contributed by atoms with van der Waals surface area (Å²) in [5.74, 6) is -0.109. The summed E-state index contributed by atoms with van der Waals surface area (Å²) in [6.45, 7) is 0. The van der Waals surface area contributed by atoms with Crippen molar-refractivity contribution in [3.63, 3.8) is 0 Å². The molecular weight excluding hydrogens is 444 g/mol. The Hall–Kier alpha value is -4.18. The number of amides is 2. The molecule has 0 atom stereocenters. The molecule has 2 amide bonds. The third-order valence-electron chi connectivity index (χ3n) is 7.01. The Morgan fingerprint density at radius 2 is 0.806 bits per heavy atom. The van der Waals surface area contributed by atoms with Crippen LogP contribution in [0.25, 0.3) is 22.3 Å². The highest BCUT2D eigenvalue weighted by Crippen LogP contribution is 2.34. The van der Waals surface area contributed by atoms with Gasteiger partial charge in [0.2, 0.25) is 11.8 Å². The van der Waals surface area contributed by atoms with E-state index >= 15 is 0 Å². The number of hydrogen-bond donors (Lipinski definition) is 2. The van der Waals surface area contributed by atoms with Gasteiger partial charge in [-0.3, -0.25) is 9.59 Å². The lowest BCUT2D eigenvalue weighted by molar-refractivity contribution is -0.125. The van der Waals surface area contributed by atoms with Gasteiger partial charge < -0.3 is 10.6 Å². The van der Waals surface area contributed by atoms with E-state index < -0.39 is 0 Å². The average molecular weight is 475 g/mol. The van der Waals surface area contributed by atoms with Gasteiger partial charge in [-0.05, 0) is 48.9 Å². The van der Waals surface area contributed by atoms with Crippen molar-refractivity contribution in [1.29, 1.82) is 0 Å². The molecule has 36 heavy (non-hydrogen) atoms. The zero-order valence-corrected chi connectivity index (χ0v) is 20.2. The van der Waals surface area contributed by atoms with Gasteiger partial charge in [0.25, 0.3) is 0 Å². The van der Waals surface area contributed by atoms with Gasteiger partial charge >= 0.3 is 0 Å². The van der Waals surface area contributed by atoms with Crippen molar-refractivity contribution in [3.8, 4) is 22.3 Å². The Morgan fingerprint density at radius 1 is 0.472 bits per heavy atom. The largest absolute Gasteiger partial charge is 0.325 e. The zero-order chi connectivity index (χ0) is 24.7. The average Bonchev–Trinajstić information content (AvgIpc) is 2.94. The van der Waals surface area contributed by atoms with Crippen molar-refractivity contribution < 1.29 is 9.59 Å². The van der Waals surface area contributed by atoms with Gasteiger partial charge in [0.15, 0.2) is 0 Å². The summed E-state index contributed by atoms with van der Waals surface area (Å²) in [6, 6.07) is 36.0. The van der Waals surface area contributed by atoms with Gasteiger partial charge in [-0.25, -0.2) is 0 Å². The van der Waals surface area contributed by atoms with Gasteiger partial charge in [-0.1, -0.05) is 97.1 Å². The molecule has 0 unspecified atom stereocenters. The standard InChI is InChI=1S/C32H30N2O2/c35-31(33-29-17-9-7-15-27(29)23-11-3-1-4-12-23)25-19-21-26(22-20-25)32(36)34-30-18-10-8-16-28(30)24-13-5-2-6-14-24/h1-18,25-26H,19-22H2,(H,33,35)(H,34,36). The van der Waals surface area contributed by atoms with Crippen LogP contribution in [0.2, 0.25) is 0 Å². The molecular formula is C32H30N2O2. The monoisotopic (exact) mass is 474 g/mol. The van der Waals surface area contributed by atoms with Gasteiger partial charge in [0.1, 0.15) is 0 Å². The van der Waals surface area contributed by atoms with E-state index in [0.717, 1.165) is 33.6 Å². The van der Waals surface area contributed by atoms with Gasteiger partial charge in [-0.2, -0.15) is 0 Å². The van der Waals surface area contributed by atoms with Crippen LogP contribution in [0.15, 0.2) is 109 Å². The van der Waals surface area contributed by atoms with E-state index in [2.05, 4.69) is 10.6 Å². The summed E-state index contributed by atoms with van der Waals surface area (Å²) in [6.07, 6.45) is 2.82. The normalized spacial score (nSPS) is 17.2. The minimum atomic E-state index is -0.0884. The molecule has 0 aliphatic heterocycles. The minimum Gasteiger partial charge on any atom is -0.325 e. The summed E-state index contributed by atoms with van der Waals surface area (Å²) < 4.78 is 0. The fourth-order valence-corrected chi connectivity index (χ4v) is 5.01. The van der Waals surface area contributed by atoms with E-state index in [9.17, 15) is 9.59 Å². The molecule has 0 heterocycles. The molecule has 1 aliphatic rings. The fourth-order valence-electron chi connectivity index (χ4n) is 5.01. The van der Waals surface area contributed by atoms with Gasteiger partial charge in [0.05, 0.1) is 0 Å². The van der Waals surface area contributed by atoms with E-state index in [1.807, 2.05) is 109 Å². The van der Waals surface area contributed by atoms with Gasteiger partial charge in [-0.15, -0.1) is 0 Å². The lowest BCUT2D eigenvalue weighted by atomic mass is 9.81. The van der Waals surface area contributed by atoms with E-state index in [0.29, 0.717) is 25.7 Å². The van der Waals surface area contributed by atoms with Crippen molar-refractivity contribution in [3.05, 3.63) is 109 Å². The number of nitrogens with one attached hydrogen (secondary N) is 2. The van der Waals surface area contributed by atoms with Gasteiger partial charge in [0, 0.05) is 34.3 Å². The maximum atomic E-state index is 13.1. The first-order valence-electron chi connectivity index (χ1n) is 12.6. The number of carbonyl (C=O) groups is 2. The topological polar surface area (TPSA) is 58.2 Å². The van der Waals surface area contributed by atoms with Crippen molar-refractivity contribution in [2.45, 2.75) is 25.7 Å². The van der Waals surface area contributed by atoms with Crippen LogP contribution in [-0.2, 0) is 9.59 Å². The third-order valence-corrected chi connectivity index (χ3v) is 7.01. The summed E-state index contributed by atoms with van der Waals surface area (Å²) >= 11 is 0. The van der Waals surface area contributed by atoms with E-state index in [4.69, 9.17) is 0 Å². The lowest BCUT2D eigenvalue weighted by Crippen LogP contribution is -2.32. The van der Waals surface area contributed by atoms with Crippen LogP contribution in [0.1, 0.15) is 25.7 Å². The maximum Gasteiger partial charge on any atom is 0.227 e. The van der Waals surface area contributed by atoms with E-state index in [-0.39, 0.29) is 23.7 Å². The molecule has 1 saturated carbocycles. The van der Waals surface area contributed by atoms with Crippen LogP contribution < -0.4 is 10.6 Å². The highest BCUT2D eigenvalue weighted by atomic mass is 16.2. The fraction of sp³-hybridized carbons (Fsp3) is 0.188. The molecule has 0 aromatic heterocycles. The SMILES string of the molecule is O=C(Nc1ccccc1-c1ccccc1)C1CCC(C(=O)Nc2ccccc2-c2ccccc2)CC1. The maximum absolute atomic E-state index is 13.1. The van der Waals surface area contributed by atoms with Crippen LogP contribution in [0, 0.1) is 11.8 Å². The predicted octanol–water partition coefficient (Wildman–Crippen LogP) is 7.40. The minimum absolute atomic E-state index is 0.0339. The molecule has 0 bridgehead atoms. The van der Waals surface area contributed by atoms with Crippen LogP contribution in [-0.4, -0.2) is 11.8 Å². The Balaban J connectivity index is 1.20. The molecule has 0 radical (unpaired) electrons. The molecule has 4 aromatic carbocycles. The first-order chi connectivity index (χ1) is 17.7. The Morgan fingerprint density at radius 3 is 1.19 bits per heavy atom. The van der Waals surface area contributed by atoms with Crippen molar-refractivity contribution in [2.24, 2.45) is 11.8 Å². The second-order valence-electron chi connectivity index (χ2n) is 9.35. The first-order valence-corrected chi connectivity index (χ1v) is 12.6. The summed E-state index contributed by atoms with van der Waals surface area (Å²) in [5, 5.41) is 6.30. The van der Waals surface area contributed by atoms with E-state index in [1.165, 1.54) is 0 Å². The molecule has 4 heteroatoms. The number of rotatable bonds is 6. The number of carbonyl (C=O) groups excluding carboxylic acids is 2. The van der Waals surface area contributed by atoms with Crippen molar-refractivity contribution >= 4 is 23.2 Å². The molecule has 1 fully saturated rings. The van der Waals surface area contributed by atoms with Crippen LogP contribution in [0.3, 0.4) is 0 Å². The first kappa shape index (κ1) is 23.6. The van der Waals surface area contributed by atoms with Crippen molar-refractivity contribution in [2.75, 3.05) is 10.6 Å². The summed E-state index contributed by atoms with van der Waals surface area (Å²) in [4.78, 5) is 26.2. The number of hydrogen-bond acceptors (Lipinski definition) is 2. The predicted molar refractivity (Wildman–Crippen MR) is 146 cm³/mol. The molecule has 0 saturated heterocycles. The molecule has 1 aliphatic carbocycles. The molecule has 4 aromatic rings. The zero-order valence-electron chi connectivity index (χ0n) is 20.2. The number of anilines is 2. The molecule has 4 nitrogen and oxygen atoms in total. The summed E-state index contributed by atoms with van der Waals surface area (Å²) in [5.41, 5.74) is 5.82. The Bertz CT molecular complexity index is 1220. The Labute approximate surface area is 212 Å². The lowest BCUT2D eigenvalue weighted by Gasteiger charge is -2.27. The number of para-hydroxylation sites is 2.